The Morgan fingerprint density at radius 3 is 2.50 bits per heavy atom. The molecule has 18 heavy (non-hydrogen) atoms. The van der Waals surface area contributed by atoms with Crippen LogP contribution in [-0.4, -0.2) is 17.5 Å². The van der Waals surface area contributed by atoms with Crippen molar-refractivity contribution in [2.75, 3.05) is 7.11 Å². The van der Waals surface area contributed by atoms with Gasteiger partial charge in [-0.3, -0.25) is 14.2 Å². The first-order valence-corrected chi connectivity index (χ1v) is 6.32. The number of carbonyl (C=O) groups excluding carboxylic acids is 1. The second kappa shape index (κ2) is 5.18. The number of ether oxygens (including phenoxy) is 1. The number of hydrogen-bond donors (Lipinski definition) is 0. The molecule has 2 rings (SSSR count). The van der Waals surface area contributed by atoms with E-state index in [1.165, 1.54) is 4.57 Å². The van der Waals surface area contributed by atoms with E-state index in [4.69, 9.17) is 4.74 Å². The molecule has 0 N–H and O–H groups in total. The first-order chi connectivity index (χ1) is 8.61. The number of Topliss-reactive ketones (excluding diaryl/α,β-unsaturated/α-hetero) is 1. The lowest BCUT2D eigenvalue weighted by Crippen LogP contribution is -2.20. The fourth-order valence-corrected chi connectivity index (χ4v) is 2.34. The number of benzene rings is 1. The summed E-state index contributed by atoms with van der Waals surface area (Å²) in [6, 6.07) is 6.87. The van der Waals surface area contributed by atoms with Crippen LogP contribution in [0.25, 0.3) is 0 Å². The number of aryl methyl sites for hydroxylation is 1. The average molecular weight is 263 g/mol. The van der Waals surface area contributed by atoms with Crippen LogP contribution in [0.1, 0.15) is 16.1 Å². The molecule has 0 fully saturated rings. The van der Waals surface area contributed by atoms with Gasteiger partial charge in [0.05, 0.1) is 13.7 Å². The van der Waals surface area contributed by atoms with Crippen LogP contribution in [0.3, 0.4) is 0 Å². The summed E-state index contributed by atoms with van der Waals surface area (Å²) in [4.78, 5) is 23.4. The van der Waals surface area contributed by atoms with E-state index in [2.05, 4.69) is 0 Å². The van der Waals surface area contributed by atoms with Crippen LogP contribution in [0.5, 0.6) is 5.75 Å². The molecule has 1 aromatic heterocycles. The minimum Gasteiger partial charge on any atom is -0.497 e. The number of hydrogen-bond acceptors (Lipinski definition) is 4. The minimum absolute atomic E-state index is 0.0822. The van der Waals surface area contributed by atoms with Crippen molar-refractivity contribution >= 4 is 17.1 Å². The summed E-state index contributed by atoms with van der Waals surface area (Å²) in [7, 11) is 1.57. The van der Waals surface area contributed by atoms with Gasteiger partial charge in [0.2, 0.25) is 0 Å². The van der Waals surface area contributed by atoms with Gasteiger partial charge >= 0.3 is 4.87 Å². The van der Waals surface area contributed by atoms with E-state index in [0.29, 0.717) is 11.3 Å². The number of nitrogens with zero attached hydrogens (tertiary/aromatic N) is 1. The molecule has 0 aliphatic rings. The van der Waals surface area contributed by atoms with E-state index in [9.17, 15) is 9.59 Å². The zero-order chi connectivity index (χ0) is 13.1. The van der Waals surface area contributed by atoms with Crippen LogP contribution < -0.4 is 9.61 Å². The second-order valence-corrected chi connectivity index (χ2v) is 4.70. The quantitative estimate of drug-likeness (QED) is 0.794. The van der Waals surface area contributed by atoms with Crippen molar-refractivity contribution in [3.8, 4) is 5.75 Å². The molecule has 5 heteroatoms. The Labute approximate surface area is 108 Å². The largest absolute Gasteiger partial charge is 0.497 e. The SMILES string of the molecule is COc1ccc(C(=O)Cn2c(C)csc2=O)cc1. The van der Waals surface area contributed by atoms with Crippen LogP contribution in [0.4, 0.5) is 0 Å². The number of ketones is 1. The van der Waals surface area contributed by atoms with E-state index in [0.717, 1.165) is 17.0 Å². The topological polar surface area (TPSA) is 48.3 Å². The van der Waals surface area contributed by atoms with Crippen molar-refractivity contribution in [3.05, 3.63) is 50.6 Å². The Morgan fingerprint density at radius 1 is 1.33 bits per heavy atom. The Balaban J connectivity index is 2.19. The van der Waals surface area contributed by atoms with Gasteiger partial charge in [0, 0.05) is 16.6 Å². The van der Waals surface area contributed by atoms with Gasteiger partial charge in [-0.1, -0.05) is 11.3 Å². The maximum absolute atomic E-state index is 12.0. The molecular formula is C13H13NO3S. The van der Waals surface area contributed by atoms with Gasteiger partial charge in [0.25, 0.3) is 0 Å². The van der Waals surface area contributed by atoms with Crippen molar-refractivity contribution in [3.63, 3.8) is 0 Å². The average Bonchev–Trinajstić information content (AvgIpc) is 2.70. The Hall–Kier alpha value is -1.88. The van der Waals surface area contributed by atoms with Crippen LogP contribution in [-0.2, 0) is 6.54 Å². The Morgan fingerprint density at radius 2 is 2.00 bits per heavy atom. The van der Waals surface area contributed by atoms with Gasteiger partial charge in [-0.05, 0) is 31.2 Å². The fraction of sp³-hybridized carbons (Fsp3) is 0.231. The second-order valence-electron chi connectivity index (χ2n) is 3.88. The van der Waals surface area contributed by atoms with Gasteiger partial charge < -0.3 is 4.74 Å². The predicted octanol–water partition coefficient (Wildman–Crippen LogP) is 2.11. The lowest BCUT2D eigenvalue weighted by molar-refractivity contribution is 0.0970. The number of thiazole rings is 1. The van der Waals surface area contributed by atoms with Crippen molar-refractivity contribution in [2.24, 2.45) is 0 Å². The summed E-state index contributed by atoms with van der Waals surface area (Å²) in [5, 5.41) is 1.75. The van der Waals surface area contributed by atoms with Gasteiger partial charge in [0.15, 0.2) is 5.78 Å². The smallest absolute Gasteiger partial charge is 0.307 e. The minimum atomic E-state index is -0.102. The van der Waals surface area contributed by atoms with E-state index in [-0.39, 0.29) is 17.2 Å². The van der Waals surface area contributed by atoms with Crippen LogP contribution in [0.2, 0.25) is 0 Å². The first-order valence-electron chi connectivity index (χ1n) is 5.44. The summed E-state index contributed by atoms with van der Waals surface area (Å²) in [5.41, 5.74) is 1.39. The lowest BCUT2D eigenvalue weighted by atomic mass is 10.1. The highest BCUT2D eigenvalue weighted by atomic mass is 32.1. The number of carbonyl (C=O) groups is 1. The zero-order valence-corrected chi connectivity index (χ0v) is 11.0. The Kier molecular flexibility index (Phi) is 3.62. The molecule has 0 saturated carbocycles. The van der Waals surface area contributed by atoms with E-state index >= 15 is 0 Å². The van der Waals surface area contributed by atoms with Crippen molar-refractivity contribution in [2.45, 2.75) is 13.5 Å². The highest BCUT2D eigenvalue weighted by Crippen LogP contribution is 2.12. The summed E-state index contributed by atoms with van der Waals surface area (Å²) in [6.45, 7) is 1.90. The van der Waals surface area contributed by atoms with Gasteiger partial charge in [-0.15, -0.1) is 0 Å². The number of methoxy groups -OCH3 is 1. The summed E-state index contributed by atoms with van der Waals surface area (Å²) in [6.07, 6.45) is 0. The third-order valence-electron chi connectivity index (χ3n) is 2.69. The van der Waals surface area contributed by atoms with E-state index in [1.54, 1.807) is 36.8 Å². The van der Waals surface area contributed by atoms with Gasteiger partial charge in [-0.2, -0.15) is 0 Å². The molecule has 94 valence electrons. The molecular weight excluding hydrogens is 250 g/mol. The van der Waals surface area contributed by atoms with E-state index < -0.39 is 0 Å². The van der Waals surface area contributed by atoms with Gasteiger partial charge in [0.1, 0.15) is 5.75 Å². The van der Waals surface area contributed by atoms with E-state index in [1.807, 2.05) is 6.92 Å². The van der Waals surface area contributed by atoms with Crippen molar-refractivity contribution in [1.82, 2.24) is 4.57 Å². The number of aromatic nitrogens is 1. The Bertz CT molecular complexity index is 610. The molecule has 0 radical (unpaired) electrons. The molecule has 0 unspecified atom stereocenters. The molecule has 0 aliphatic heterocycles. The van der Waals surface area contributed by atoms with Crippen LogP contribution in [0.15, 0.2) is 34.4 Å². The third kappa shape index (κ3) is 2.51. The normalized spacial score (nSPS) is 10.3. The highest BCUT2D eigenvalue weighted by molar-refractivity contribution is 7.07. The monoisotopic (exact) mass is 263 g/mol. The molecule has 4 nitrogen and oxygen atoms in total. The maximum atomic E-state index is 12.0. The van der Waals surface area contributed by atoms with Gasteiger partial charge in [-0.25, -0.2) is 0 Å². The first kappa shape index (κ1) is 12.6. The van der Waals surface area contributed by atoms with Crippen LogP contribution >= 0.6 is 11.3 Å². The molecule has 0 amide bonds. The molecule has 0 atom stereocenters. The standard InChI is InChI=1S/C13H13NO3S/c1-9-8-18-13(16)14(9)7-12(15)10-3-5-11(17-2)6-4-10/h3-6,8H,7H2,1-2H3. The number of rotatable bonds is 4. The molecule has 0 spiro atoms. The van der Waals surface area contributed by atoms with Crippen LogP contribution in [0, 0.1) is 6.92 Å². The lowest BCUT2D eigenvalue weighted by Gasteiger charge is -2.05. The highest BCUT2D eigenvalue weighted by Gasteiger charge is 2.10. The third-order valence-corrected chi connectivity index (χ3v) is 3.57. The maximum Gasteiger partial charge on any atom is 0.307 e. The molecule has 0 bridgehead atoms. The molecule has 1 heterocycles. The van der Waals surface area contributed by atoms with Crippen molar-refractivity contribution in [1.29, 1.82) is 0 Å². The molecule has 0 aliphatic carbocycles. The molecule has 1 aromatic carbocycles. The summed E-state index contributed by atoms with van der Waals surface area (Å²) in [5.74, 6) is 0.622. The molecule has 0 saturated heterocycles. The van der Waals surface area contributed by atoms with Crippen molar-refractivity contribution < 1.29 is 9.53 Å². The zero-order valence-electron chi connectivity index (χ0n) is 10.2. The summed E-state index contributed by atoms with van der Waals surface area (Å²) < 4.78 is 6.51. The fourth-order valence-electron chi connectivity index (χ4n) is 1.61. The molecule has 2 aromatic rings. The predicted molar refractivity (Wildman–Crippen MR) is 70.6 cm³/mol. The summed E-state index contributed by atoms with van der Waals surface area (Å²) >= 11 is 1.11.